The van der Waals surface area contributed by atoms with E-state index in [-0.39, 0.29) is 35.8 Å². The number of hydrogen-bond acceptors (Lipinski definition) is 3. The zero-order valence-electron chi connectivity index (χ0n) is 15.3. The predicted octanol–water partition coefficient (Wildman–Crippen LogP) is 4.59. The van der Waals surface area contributed by atoms with E-state index in [9.17, 15) is 4.79 Å². The molecule has 1 N–H and O–H groups in total. The highest BCUT2D eigenvalue weighted by molar-refractivity contribution is 9.10. The highest BCUT2D eigenvalue weighted by Crippen LogP contribution is 2.20. The summed E-state index contributed by atoms with van der Waals surface area (Å²) < 4.78 is 2.82. The number of halogens is 3. The second kappa shape index (κ2) is 10.5. The van der Waals surface area contributed by atoms with Crippen LogP contribution in [0.1, 0.15) is 39.4 Å². The van der Waals surface area contributed by atoms with E-state index < -0.39 is 0 Å². The van der Waals surface area contributed by atoms with Crippen LogP contribution in [0, 0.1) is 5.41 Å². The number of rotatable bonds is 6. The topological polar surface area (TPSA) is 46.9 Å². The molecule has 4 nitrogen and oxygen atoms in total. The van der Waals surface area contributed by atoms with Crippen molar-refractivity contribution in [1.82, 2.24) is 14.9 Å². The minimum absolute atomic E-state index is 0. The maximum absolute atomic E-state index is 12.9. The van der Waals surface area contributed by atoms with Crippen LogP contribution < -0.4 is 10.9 Å². The zero-order valence-corrected chi connectivity index (χ0v) is 18.5. The molecule has 1 aromatic carbocycles. The van der Waals surface area contributed by atoms with Gasteiger partial charge in [-0.05, 0) is 50.0 Å². The molecule has 25 heavy (non-hydrogen) atoms. The van der Waals surface area contributed by atoms with Gasteiger partial charge in [-0.1, -0.05) is 36.7 Å². The molecule has 0 spiro atoms. The van der Waals surface area contributed by atoms with Crippen LogP contribution >= 0.6 is 40.7 Å². The fraction of sp³-hybridized carbons (Fsp3) is 0.556. The van der Waals surface area contributed by atoms with Crippen LogP contribution in [0.4, 0.5) is 0 Å². The molecule has 1 aromatic heterocycles. The van der Waals surface area contributed by atoms with Gasteiger partial charge in [-0.15, -0.1) is 24.8 Å². The fourth-order valence-corrected chi connectivity index (χ4v) is 3.00. The Morgan fingerprint density at radius 3 is 2.48 bits per heavy atom. The Morgan fingerprint density at radius 1 is 1.20 bits per heavy atom. The van der Waals surface area contributed by atoms with Gasteiger partial charge in [0.2, 0.25) is 0 Å². The molecule has 0 aliphatic carbocycles. The third-order valence-corrected chi connectivity index (χ3v) is 4.20. The first-order valence-electron chi connectivity index (χ1n) is 8.15. The molecule has 2 aromatic rings. The van der Waals surface area contributed by atoms with Gasteiger partial charge in [-0.25, -0.2) is 4.98 Å². The molecule has 7 heteroatoms. The molecule has 0 saturated heterocycles. The predicted molar refractivity (Wildman–Crippen MR) is 115 cm³/mol. The molecule has 0 aliphatic rings. The van der Waals surface area contributed by atoms with E-state index >= 15 is 0 Å². The Bertz CT molecular complexity index is 741. The average molecular weight is 453 g/mol. The van der Waals surface area contributed by atoms with E-state index in [0.29, 0.717) is 11.9 Å². The van der Waals surface area contributed by atoms with Crippen molar-refractivity contribution < 1.29 is 0 Å². The van der Waals surface area contributed by atoms with Gasteiger partial charge in [0, 0.05) is 17.4 Å². The number of aryl methyl sites for hydroxylation is 1. The Hall–Kier alpha value is -0.620. The number of nitrogens with zero attached hydrogens (tertiary/aromatic N) is 2. The number of hydrogen-bond donors (Lipinski definition) is 1. The normalized spacial score (nSPS) is 11.1. The second-order valence-electron chi connectivity index (χ2n) is 7.20. The van der Waals surface area contributed by atoms with E-state index in [1.54, 1.807) is 0 Å². The first-order valence-corrected chi connectivity index (χ1v) is 8.95. The smallest absolute Gasteiger partial charge is 0.261 e. The van der Waals surface area contributed by atoms with Crippen molar-refractivity contribution in [1.29, 1.82) is 0 Å². The van der Waals surface area contributed by atoms with Crippen LogP contribution in [0.2, 0.25) is 0 Å². The van der Waals surface area contributed by atoms with Gasteiger partial charge in [0.05, 0.1) is 10.9 Å². The number of nitrogens with one attached hydrogen (secondary N) is 1. The summed E-state index contributed by atoms with van der Waals surface area (Å²) in [5.41, 5.74) is 0.882. The molecule has 1 heterocycles. The summed E-state index contributed by atoms with van der Waals surface area (Å²) in [5.74, 6) is 0.895. The van der Waals surface area contributed by atoms with Gasteiger partial charge in [-0.3, -0.25) is 9.36 Å². The van der Waals surface area contributed by atoms with Gasteiger partial charge in [-0.2, -0.15) is 0 Å². The number of unbranched alkanes of at least 4 members (excludes halogenated alkanes) is 1. The van der Waals surface area contributed by atoms with Crippen LogP contribution in [0.3, 0.4) is 0 Å². The molecule has 0 fully saturated rings. The van der Waals surface area contributed by atoms with Crippen molar-refractivity contribution >= 4 is 51.6 Å². The van der Waals surface area contributed by atoms with Crippen LogP contribution in [-0.4, -0.2) is 23.1 Å². The van der Waals surface area contributed by atoms with Crippen molar-refractivity contribution in [2.24, 2.45) is 5.41 Å². The van der Waals surface area contributed by atoms with E-state index in [4.69, 9.17) is 4.98 Å². The third-order valence-electron chi connectivity index (χ3n) is 3.71. The van der Waals surface area contributed by atoms with E-state index in [2.05, 4.69) is 42.0 Å². The number of benzene rings is 1. The molecule has 2 rings (SSSR count). The van der Waals surface area contributed by atoms with E-state index in [1.807, 2.05) is 29.8 Å². The van der Waals surface area contributed by atoms with Gasteiger partial charge in [0.15, 0.2) is 0 Å². The maximum atomic E-state index is 12.9. The summed E-state index contributed by atoms with van der Waals surface area (Å²) in [6, 6.07) is 5.69. The van der Waals surface area contributed by atoms with Crippen molar-refractivity contribution in [2.45, 2.75) is 46.6 Å². The minimum atomic E-state index is 0. The van der Waals surface area contributed by atoms with Gasteiger partial charge in [0.1, 0.15) is 5.82 Å². The average Bonchev–Trinajstić information content (AvgIpc) is 2.46. The summed E-state index contributed by atoms with van der Waals surface area (Å²) >= 11 is 3.46. The number of aromatic nitrogens is 2. The van der Waals surface area contributed by atoms with Crippen LogP contribution in [-0.2, 0) is 13.0 Å². The van der Waals surface area contributed by atoms with Crippen molar-refractivity contribution in [3.8, 4) is 0 Å². The lowest BCUT2D eigenvalue weighted by atomic mass is 9.96. The quantitative estimate of drug-likeness (QED) is 0.651. The largest absolute Gasteiger partial charge is 0.320 e. The summed E-state index contributed by atoms with van der Waals surface area (Å²) in [4.78, 5) is 17.7. The lowest BCUT2D eigenvalue weighted by Gasteiger charge is -2.22. The van der Waals surface area contributed by atoms with E-state index in [1.165, 1.54) is 0 Å². The summed E-state index contributed by atoms with van der Waals surface area (Å²) in [5, 5.41) is 3.85. The molecule has 0 unspecified atom stereocenters. The molecular formula is C18H28BrCl2N3O. The first-order chi connectivity index (χ1) is 10.8. The molecule has 0 saturated carbocycles. The number of fused-ring (bicyclic) bond motifs is 1. The Balaban J connectivity index is 0.00000288. The summed E-state index contributed by atoms with van der Waals surface area (Å²) in [7, 11) is 1.96. The van der Waals surface area contributed by atoms with Crippen molar-refractivity contribution in [3.63, 3.8) is 0 Å². The Kier molecular flexibility index (Phi) is 10.2. The van der Waals surface area contributed by atoms with E-state index in [0.717, 1.165) is 41.6 Å². The Morgan fingerprint density at radius 2 is 1.88 bits per heavy atom. The standard InChI is InChI=1S/C18H26BrN3O.2ClH/c1-18(2,3)12-22-16(7-5-6-10-20-4)21-15-11-13(19)8-9-14(15)17(22)23;;/h8-9,11,20H,5-7,10,12H2,1-4H3;2*1H. The molecular weight excluding hydrogens is 425 g/mol. The molecule has 0 bridgehead atoms. The third kappa shape index (κ3) is 6.89. The van der Waals surface area contributed by atoms with Crippen molar-refractivity contribution in [2.75, 3.05) is 13.6 Å². The van der Waals surface area contributed by atoms with Gasteiger partial charge in [0.25, 0.3) is 5.56 Å². The van der Waals surface area contributed by atoms with Crippen molar-refractivity contribution in [3.05, 3.63) is 38.9 Å². The highest BCUT2D eigenvalue weighted by Gasteiger charge is 2.17. The van der Waals surface area contributed by atoms with Crippen LogP contribution in [0.15, 0.2) is 27.5 Å². The molecule has 0 radical (unpaired) electrons. The summed E-state index contributed by atoms with van der Waals surface area (Å²) in [6.45, 7) is 8.12. The summed E-state index contributed by atoms with van der Waals surface area (Å²) in [6.07, 6.45) is 2.94. The molecule has 0 amide bonds. The Labute approximate surface area is 170 Å². The zero-order chi connectivity index (χ0) is 17.0. The molecule has 142 valence electrons. The van der Waals surface area contributed by atoms with Gasteiger partial charge >= 0.3 is 0 Å². The first kappa shape index (κ1) is 24.4. The molecule has 0 aliphatic heterocycles. The van der Waals surface area contributed by atoms with Gasteiger partial charge < -0.3 is 5.32 Å². The lowest BCUT2D eigenvalue weighted by Crippen LogP contribution is -2.30. The monoisotopic (exact) mass is 451 g/mol. The fourth-order valence-electron chi connectivity index (χ4n) is 2.65. The SMILES string of the molecule is CNCCCCc1nc2cc(Br)ccc2c(=O)n1CC(C)(C)C.Cl.Cl. The second-order valence-corrected chi connectivity index (χ2v) is 8.12. The van der Waals surface area contributed by atoms with Crippen LogP contribution in [0.25, 0.3) is 10.9 Å². The van der Waals surface area contributed by atoms with Crippen LogP contribution in [0.5, 0.6) is 0 Å². The maximum Gasteiger partial charge on any atom is 0.261 e. The molecule has 0 atom stereocenters. The minimum Gasteiger partial charge on any atom is -0.320 e. The lowest BCUT2D eigenvalue weighted by molar-refractivity contribution is 0.330. The highest BCUT2D eigenvalue weighted by atomic mass is 79.9.